The number of rotatable bonds is 7. The Morgan fingerprint density at radius 1 is 1.14 bits per heavy atom. The summed E-state index contributed by atoms with van der Waals surface area (Å²) < 4.78 is 51.7. The third-order valence-corrected chi connectivity index (χ3v) is 4.54. The molecule has 3 rings (SSSR count). The van der Waals surface area contributed by atoms with E-state index in [2.05, 4.69) is 10.1 Å². The molecule has 0 aliphatic carbocycles. The van der Waals surface area contributed by atoms with Crippen molar-refractivity contribution in [2.45, 2.75) is 38.3 Å². The van der Waals surface area contributed by atoms with Crippen LogP contribution in [0.25, 0.3) is 0 Å². The zero-order chi connectivity index (χ0) is 20.9. The molecule has 0 aromatic heterocycles. The van der Waals surface area contributed by atoms with Crippen molar-refractivity contribution in [2.75, 3.05) is 13.2 Å². The van der Waals surface area contributed by atoms with E-state index in [4.69, 9.17) is 9.47 Å². The van der Waals surface area contributed by atoms with Gasteiger partial charge < -0.3 is 19.5 Å². The van der Waals surface area contributed by atoms with E-state index in [1.165, 1.54) is 24.3 Å². The third-order valence-electron chi connectivity index (χ3n) is 4.54. The zero-order valence-corrected chi connectivity index (χ0v) is 15.9. The van der Waals surface area contributed by atoms with Crippen LogP contribution in [0, 0.1) is 0 Å². The van der Waals surface area contributed by atoms with Crippen LogP contribution in [0.5, 0.6) is 11.5 Å². The van der Waals surface area contributed by atoms with Gasteiger partial charge in [-0.3, -0.25) is 4.79 Å². The van der Waals surface area contributed by atoms with Gasteiger partial charge in [0.2, 0.25) is 0 Å². The lowest BCUT2D eigenvalue weighted by Gasteiger charge is -2.16. The molecule has 1 N–H and O–H groups in total. The van der Waals surface area contributed by atoms with Crippen molar-refractivity contribution >= 4 is 5.91 Å². The Labute approximate surface area is 166 Å². The highest BCUT2D eigenvalue weighted by Gasteiger charge is 2.31. The number of hydrogen-bond donors (Lipinski definition) is 1. The first-order valence-corrected chi connectivity index (χ1v) is 9.31. The van der Waals surface area contributed by atoms with Gasteiger partial charge in [0, 0.05) is 12.2 Å². The molecule has 0 bridgehead atoms. The molecule has 8 heteroatoms. The molecular formula is C21H22F3NO4. The van der Waals surface area contributed by atoms with E-state index in [1.807, 2.05) is 0 Å². The first kappa shape index (κ1) is 21.0. The van der Waals surface area contributed by atoms with E-state index in [0.29, 0.717) is 23.5 Å². The quantitative estimate of drug-likeness (QED) is 0.724. The fourth-order valence-electron chi connectivity index (χ4n) is 2.99. The summed E-state index contributed by atoms with van der Waals surface area (Å²) in [5, 5.41) is 2.81. The second kappa shape index (κ2) is 9.17. The molecule has 2 aromatic carbocycles. The van der Waals surface area contributed by atoms with Crippen molar-refractivity contribution in [1.82, 2.24) is 5.32 Å². The Morgan fingerprint density at radius 2 is 1.79 bits per heavy atom. The summed E-state index contributed by atoms with van der Waals surface area (Å²) in [7, 11) is 0. The van der Waals surface area contributed by atoms with Crippen LogP contribution in [0.2, 0.25) is 0 Å². The fourth-order valence-corrected chi connectivity index (χ4v) is 2.99. The molecule has 1 heterocycles. The smallest absolute Gasteiger partial charge is 0.491 e. The average molecular weight is 409 g/mol. The van der Waals surface area contributed by atoms with Gasteiger partial charge in [0.1, 0.15) is 18.1 Å². The molecule has 0 spiro atoms. The minimum Gasteiger partial charge on any atom is -0.491 e. The second-order valence-corrected chi connectivity index (χ2v) is 6.78. The number of halogens is 3. The largest absolute Gasteiger partial charge is 0.573 e. The fraction of sp³-hybridized carbons (Fsp3) is 0.381. The molecule has 156 valence electrons. The first-order valence-electron chi connectivity index (χ1n) is 9.31. The highest BCUT2D eigenvalue weighted by atomic mass is 19.4. The lowest BCUT2D eigenvalue weighted by molar-refractivity contribution is -0.274. The van der Waals surface area contributed by atoms with E-state index in [-0.39, 0.29) is 17.8 Å². The number of nitrogens with one attached hydrogen (secondary N) is 1. The molecule has 2 aromatic rings. The number of amides is 1. The lowest BCUT2D eigenvalue weighted by Crippen LogP contribution is -2.26. The molecule has 2 unspecified atom stereocenters. The van der Waals surface area contributed by atoms with Crippen molar-refractivity contribution in [3.63, 3.8) is 0 Å². The Bertz CT molecular complexity index is 800. The van der Waals surface area contributed by atoms with Gasteiger partial charge >= 0.3 is 6.36 Å². The molecule has 0 saturated carbocycles. The van der Waals surface area contributed by atoms with E-state index in [0.717, 1.165) is 19.4 Å². The highest BCUT2D eigenvalue weighted by molar-refractivity contribution is 5.94. The summed E-state index contributed by atoms with van der Waals surface area (Å²) in [5.74, 6) is 0.0579. The van der Waals surface area contributed by atoms with Gasteiger partial charge in [-0.25, -0.2) is 0 Å². The maximum atomic E-state index is 12.4. The van der Waals surface area contributed by atoms with Gasteiger partial charge in [0.25, 0.3) is 5.91 Å². The minimum absolute atomic E-state index is 0.117. The van der Waals surface area contributed by atoms with Crippen LogP contribution >= 0.6 is 0 Å². The van der Waals surface area contributed by atoms with E-state index >= 15 is 0 Å². The van der Waals surface area contributed by atoms with Crippen molar-refractivity contribution in [2.24, 2.45) is 0 Å². The van der Waals surface area contributed by atoms with Gasteiger partial charge in [-0.2, -0.15) is 0 Å². The number of benzene rings is 2. The normalized spacial score (nSPS) is 17.6. The molecule has 1 fully saturated rings. The Kier molecular flexibility index (Phi) is 6.64. The summed E-state index contributed by atoms with van der Waals surface area (Å²) in [6, 6.07) is 11.8. The molecular weight excluding hydrogens is 387 g/mol. The van der Waals surface area contributed by atoms with Crippen LogP contribution < -0.4 is 14.8 Å². The van der Waals surface area contributed by atoms with E-state index in [1.54, 1.807) is 31.2 Å². The monoisotopic (exact) mass is 409 g/mol. The van der Waals surface area contributed by atoms with E-state index in [9.17, 15) is 18.0 Å². The number of carbonyl (C=O) groups is 1. The maximum absolute atomic E-state index is 12.4. The molecule has 29 heavy (non-hydrogen) atoms. The van der Waals surface area contributed by atoms with Crippen molar-refractivity contribution in [3.8, 4) is 11.5 Å². The zero-order valence-electron chi connectivity index (χ0n) is 15.9. The predicted octanol–water partition coefficient (Wildman–Crippen LogP) is 4.63. The Morgan fingerprint density at radius 3 is 2.38 bits per heavy atom. The predicted molar refractivity (Wildman–Crippen MR) is 99.9 cm³/mol. The van der Waals surface area contributed by atoms with Crippen LogP contribution in [0.15, 0.2) is 48.5 Å². The van der Waals surface area contributed by atoms with Gasteiger partial charge in [0.15, 0.2) is 0 Å². The van der Waals surface area contributed by atoms with Gasteiger partial charge in [-0.1, -0.05) is 12.1 Å². The number of ether oxygens (including phenoxy) is 3. The van der Waals surface area contributed by atoms with Gasteiger partial charge in [0.05, 0.1) is 12.1 Å². The second-order valence-electron chi connectivity index (χ2n) is 6.78. The summed E-state index contributed by atoms with van der Waals surface area (Å²) in [5.41, 5.74) is 1.11. The van der Waals surface area contributed by atoms with Crippen LogP contribution in [-0.2, 0) is 4.74 Å². The molecule has 0 radical (unpaired) electrons. The summed E-state index contributed by atoms with van der Waals surface area (Å²) in [6.07, 6.45) is -2.58. The molecule has 1 aliphatic heterocycles. The van der Waals surface area contributed by atoms with Crippen molar-refractivity contribution in [3.05, 3.63) is 59.7 Å². The van der Waals surface area contributed by atoms with Gasteiger partial charge in [-0.05, 0) is 61.7 Å². The van der Waals surface area contributed by atoms with Crippen LogP contribution in [0.4, 0.5) is 13.2 Å². The number of alkyl halides is 3. The Hall–Kier alpha value is -2.74. The number of carbonyl (C=O) groups excluding carboxylic acids is 1. The third kappa shape index (κ3) is 6.39. The first-order chi connectivity index (χ1) is 13.8. The highest BCUT2D eigenvalue weighted by Crippen LogP contribution is 2.24. The average Bonchev–Trinajstić information content (AvgIpc) is 3.19. The van der Waals surface area contributed by atoms with Crippen LogP contribution in [0.1, 0.15) is 41.7 Å². The van der Waals surface area contributed by atoms with E-state index < -0.39 is 12.4 Å². The minimum atomic E-state index is -4.73. The molecule has 1 saturated heterocycles. The maximum Gasteiger partial charge on any atom is 0.573 e. The van der Waals surface area contributed by atoms with Gasteiger partial charge in [-0.15, -0.1) is 13.2 Å². The molecule has 1 aliphatic rings. The molecule has 1 amide bonds. The lowest BCUT2D eigenvalue weighted by atomic mass is 10.1. The van der Waals surface area contributed by atoms with Crippen molar-refractivity contribution < 1.29 is 32.2 Å². The summed E-state index contributed by atoms with van der Waals surface area (Å²) in [6.45, 7) is 3.00. The topological polar surface area (TPSA) is 56.8 Å². The van der Waals surface area contributed by atoms with Crippen LogP contribution in [-0.4, -0.2) is 31.6 Å². The summed E-state index contributed by atoms with van der Waals surface area (Å²) >= 11 is 0. The summed E-state index contributed by atoms with van der Waals surface area (Å²) in [4.78, 5) is 12.4. The SMILES string of the molecule is CC(NC(=O)c1ccc(OCC2CCCO2)cc1)c1ccc(OC(F)(F)F)cc1. The standard InChI is InChI=1S/C21H22F3NO4/c1-14(15-4-10-18(11-5-15)29-21(22,23)24)25-20(26)16-6-8-17(9-7-16)28-13-19-3-2-12-27-19/h4-11,14,19H,2-3,12-13H2,1H3,(H,25,26). The van der Waals surface area contributed by atoms with Crippen molar-refractivity contribution in [1.29, 1.82) is 0 Å². The Balaban J connectivity index is 1.52. The number of hydrogen-bond acceptors (Lipinski definition) is 4. The van der Waals surface area contributed by atoms with Crippen LogP contribution in [0.3, 0.4) is 0 Å². The molecule has 5 nitrogen and oxygen atoms in total. The molecule has 2 atom stereocenters.